The molecule has 1 heterocycles. The molecule has 6 nitrogen and oxygen atoms in total. The number of aromatic nitrogens is 2. The smallest absolute Gasteiger partial charge is 0.284 e. The second kappa shape index (κ2) is 7.11. The molecule has 0 unspecified atom stereocenters. The molecule has 26 heavy (non-hydrogen) atoms. The molecule has 1 aromatic heterocycles. The Morgan fingerprint density at radius 3 is 2.35 bits per heavy atom. The Balaban J connectivity index is 2.16. The first-order valence-corrected chi connectivity index (χ1v) is 10.0. The zero-order valence-electron chi connectivity index (χ0n) is 13.5. The van der Waals surface area contributed by atoms with Crippen LogP contribution in [0.3, 0.4) is 0 Å². The molecule has 1 amide bonds. The molecule has 1 N–H and O–H groups in total. The van der Waals surface area contributed by atoms with Crippen molar-refractivity contribution >= 4 is 39.1 Å². The van der Waals surface area contributed by atoms with Crippen LogP contribution in [0.1, 0.15) is 10.5 Å². The van der Waals surface area contributed by atoms with Crippen molar-refractivity contribution in [3.63, 3.8) is 0 Å². The fourth-order valence-electron chi connectivity index (χ4n) is 2.34. The molecule has 2 aromatic carbocycles. The van der Waals surface area contributed by atoms with Gasteiger partial charge in [-0.2, -0.15) is 0 Å². The number of nitrogens with one attached hydrogen (secondary N) is 1. The zero-order chi connectivity index (χ0) is 18.9. The van der Waals surface area contributed by atoms with Gasteiger partial charge in [0.1, 0.15) is 11.5 Å². The Morgan fingerprint density at radius 1 is 1.08 bits per heavy atom. The lowest BCUT2D eigenvalue weighted by Crippen LogP contribution is -2.29. The van der Waals surface area contributed by atoms with Crippen molar-refractivity contribution in [2.75, 3.05) is 6.26 Å². The van der Waals surface area contributed by atoms with E-state index in [0.29, 0.717) is 27.1 Å². The molecule has 0 spiro atoms. The Hall–Kier alpha value is -2.35. The maximum Gasteiger partial charge on any atom is 0.284 e. The van der Waals surface area contributed by atoms with E-state index in [-0.39, 0.29) is 5.69 Å². The molecule has 0 bridgehead atoms. The molecule has 134 valence electrons. The number of hydrogen-bond donors (Lipinski definition) is 1. The Morgan fingerprint density at radius 2 is 1.73 bits per heavy atom. The summed E-state index contributed by atoms with van der Waals surface area (Å²) in [5.41, 5.74) is 1.23. The molecule has 9 heteroatoms. The Labute approximate surface area is 160 Å². The summed E-state index contributed by atoms with van der Waals surface area (Å²) in [4.78, 5) is 16.5. The van der Waals surface area contributed by atoms with Crippen LogP contribution in [0.4, 0.5) is 0 Å². The van der Waals surface area contributed by atoms with E-state index in [4.69, 9.17) is 23.2 Å². The maximum absolute atomic E-state index is 12.2. The van der Waals surface area contributed by atoms with Crippen LogP contribution >= 0.6 is 23.2 Å². The Kier molecular flexibility index (Phi) is 5.04. The number of imidazole rings is 1. The minimum Gasteiger partial charge on any atom is -0.299 e. The number of hydrogen-bond acceptors (Lipinski definition) is 4. The second-order valence-corrected chi connectivity index (χ2v) is 8.07. The first-order valence-electron chi connectivity index (χ1n) is 7.37. The van der Waals surface area contributed by atoms with E-state index in [2.05, 4.69) is 4.98 Å². The van der Waals surface area contributed by atoms with Crippen molar-refractivity contribution in [2.24, 2.45) is 0 Å². The van der Waals surface area contributed by atoms with E-state index in [1.807, 2.05) is 4.72 Å². The van der Waals surface area contributed by atoms with Gasteiger partial charge < -0.3 is 0 Å². The predicted molar refractivity (Wildman–Crippen MR) is 101 cm³/mol. The number of benzene rings is 2. The van der Waals surface area contributed by atoms with Crippen molar-refractivity contribution in [3.05, 3.63) is 70.5 Å². The van der Waals surface area contributed by atoms with Crippen LogP contribution < -0.4 is 4.72 Å². The highest BCUT2D eigenvalue weighted by Crippen LogP contribution is 2.29. The van der Waals surface area contributed by atoms with E-state index in [0.717, 1.165) is 6.26 Å². The summed E-state index contributed by atoms with van der Waals surface area (Å²) in [5, 5.41) is 1.01. The molecule has 0 saturated carbocycles. The van der Waals surface area contributed by atoms with E-state index >= 15 is 0 Å². The van der Waals surface area contributed by atoms with Gasteiger partial charge in [0.15, 0.2) is 0 Å². The second-order valence-electron chi connectivity index (χ2n) is 5.48. The van der Waals surface area contributed by atoms with Gasteiger partial charge in [0.25, 0.3) is 5.91 Å². The zero-order valence-corrected chi connectivity index (χ0v) is 15.8. The number of sulfonamides is 1. The average molecular weight is 410 g/mol. The number of nitrogens with zero attached hydrogens (tertiary/aromatic N) is 2. The first kappa shape index (κ1) is 18.4. The van der Waals surface area contributed by atoms with Crippen molar-refractivity contribution in [1.82, 2.24) is 14.3 Å². The summed E-state index contributed by atoms with van der Waals surface area (Å²) in [6.45, 7) is 0. The summed E-state index contributed by atoms with van der Waals surface area (Å²) in [7, 11) is -3.71. The fourth-order valence-corrected chi connectivity index (χ4v) is 3.13. The molecular weight excluding hydrogens is 397 g/mol. The van der Waals surface area contributed by atoms with Gasteiger partial charge in [0.05, 0.1) is 11.3 Å². The highest BCUT2D eigenvalue weighted by Gasteiger charge is 2.20. The van der Waals surface area contributed by atoms with Gasteiger partial charge in [-0.15, -0.1) is 0 Å². The van der Waals surface area contributed by atoms with Gasteiger partial charge >= 0.3 is 0 Å². The lowest BCUT2D eigenvalue weighted by molar-refractivity contribution is 0.0977. The third kappa shape index (κ3) is 4.07. The third-order valence-electron chi connectivity index (χ3n) is 3.44. The lowest BCUT2D eigenvalue weighted by atomic mass is 10.2. The fraction of sp³-hybridized carbons (Fsp3) is 0.0588. The molecule has 0 saturated heterocycles. The van der Waals surface area contributed by atoms with Crippen LogP contribution in [0.2, 0.25) is 10.0 Å². The van der Waals surface area contributed by atoms with Gasteiger partial charge in [0, 0.05) is 22.5 Å². The normalized spacial score (nSPS) is 11.3. The van der Waals surface area contributed by atoms with Crippen LogP contribution in [0.5, 0.6) is 0 Å². The van der Waals surface area contributed by atoms with Gasteiger partial charge in [-0.25, -0.2) is 18.1 Å². The molecule has 0 atom stereocenters. The summed E-state index contributed by atoms with van der Waals surface area (Å²) in [6, 6.07) is 13.9. The van der Waals surface area contributed by atoms with Gasteiger partial charge in [-0.05, 0) is 36.4 Å². The summed E-state index contributed by atoms with van der Waals surface area (Å²) >= 11 is 12.2. The van der Waals surface area contributed by atoms with Crippen molar-refractivity contribution < 1.29 is 13.2 Å². The van der Waals surface area contributed by atoms with Crippen LogP contribution in [-0.4, -0.2) is 30.1 Å². The third-order valence-corrected chi connectivity index (χ3v) is 4.57. The number of rotatable bonds is 4. The highest BCUT2D eigenvalue weighted by molar-refractivity contribution is 7.89. The number of carbonyl (C=O) groups excluding carboxylic acids is 1. The number of carbonyl (C=O) groups is 1. The van der Waals surface area contributed by atoms with Crippen molar-refractivity contribution in [2.45, 2.75) is 0 Å². The minimum atomic E-state index is -3.71. The van der Waals surface area contributed by atoms with Crippen LogP contribution in [0, 0.1) is 0 Å². The molecular formula is C17H13Cl2N3O3S. The van der Waals surface area contributed by atoms with Gasteiger partial charge in [-0.1, -0.05) is 35.3 Å². The quantitative estimate of drug-likeness (QED) is 0.714. The first-order chi connectivity index (χ1) is 12.2. The monoisotopic (exact) mass is 409 g/mol. The largest absolute Gasteiger partial charge is 0.299 e. The summed E-state index contributed by atoms with van der Waals surface area (Å²) in [6.07, 6.45) is 2.35. The molecule has 3 aromatic rings. The van der Waals surface area contributed by atoms with E-state index in [1.54, 1.807) is 53.1 Å². The molecule has 0 aliphatic heterocycles. The molecule has 3 rings (SSSR count). The summed E-state index contributed by atoms with van der Waals surface area (Å²) < 4.78 is 26.2. The van der Waals surface area contributed by atoms with Crippen molar-refractivity contribution in [3.8, 4) is 17.1 Å². The number of amides is 1. The standard InChI is InChI=1S/C17H13Cl2N3O3S/c1-26(24,25)21-17(23)15-10-22(12-8-6-11(18)7-9-12)16(20-15)13-4-2-3-5-14(13)19/h2-10H,1H3,(H,21,23). The molecule has 0 radical (unpaired) electrons. The molecule has 0 aliphatic carbocycles. The van der Waals surface area contributed by atoms with E-state index in [1.165, 1.54) is 6.20 Å². The van der Waals surface area contributed by atoms with Crippen LogP contribution in [-0.2, 0) is 10.0 Å². The molecule has 0 aliphatic rings. The SMILES string of the molecule is CS(=O)(=O)NC(=O)c1cn(-c2ccc(Cl)cc2)c(-c2ccccc2Cl)n1. The van der Waals surface area contributed by atoms with Crippen LogP contribution in [0.15, 0.2) is 54.7 Å². The summed E-state index contributed by atoms with van der Waals surface area (Å²) in [5.74, 6) is -0.426. The predicted octanol–water partition coefficient (Wildman–Crippen LogP) is 3.54. The van der Waals surface area contributed by atoms with Crippen LogP contribution in [0.25, 0.3) is 17.1 Å². The number of halogens is 2. The van der Waals surface area contributed by atoms with E-state index in [9.17, 15) is 13.2 Å². The highest BCUT2D eigenvalue weighted by atomic mass is 35.5. The molecule has 0 fully saturated rings. The Bertz CT molecular complexity index is 1080. The lowest BCUT2D eigenvalue weighted by Gasteiger charge is -2.09. The van der Waals surface area contributed by atoms with Gasteiger partial charge in [-0.3, -0.25) is 9.36 Å². The van der Waals surface area contributed by atoms with Gasteiger partial charge in [0.2, 0.25) is 10.0 Å². The van der Waals surface area contributed by atoms with E-state index < -0.39 is 15.9 Å². The topological polar surface area (TPSA) is 81.1 Å². The average Bonchev–Trinajstić information content (AvgIpc) is 2.99. The van der Waals surface area contributed by atoms with Crippen molar-refractivity contribution in [1.29, 1.82) is 0 Å². The minimum absolute atomic E-state index is 0.0553. The maximum atomic E-state index is 12.2.